The molecule has 3 heterocycles. The quantitative estimate of drug-likeness (QED) is 0.811. The van der Waals surface area contributed by atoms with Crippen molar-refractivity contribution in [2.45, 2.75) is 71.3 Å². The highest BCUT2D eigenvalue weighted by molar-refractivity contribution is 5.49. The van der Waals surface area contributed by atoms with Crippen LogP contribution in [0.1, 0.15) is 52.1 Å². The van der Waals surface area contributed by atoms with E-state index in [2.05, 4.69) is 38.7 Å². The minimum Gasteiger partial charge on any atom is -0.389 e. The summed E-state index contributed by atoms with van der Waals surface area (Å²) in [5, 5.41) is 14.0. The van der Waals surface area contributed by atoms with E-state index in [9.17, 15) is 18.3 Å². The Morgan fingerprint density at radius 2 is 1.76 bits per heavy atom. The van der Waals surface area contributed by atoms with E-state index in [1.807, 2.05) is 0 Å². The van der Waals surface area contributed by atoms with E-state index in [1.165, 1.54) is 4.52 Å². The third kappa shape index (κ3) is 4.63. The van der Waals surface area contributed by atoms with Crippen LogP contribution in [0.3, 0.4) is 0 Å². The van der Waals surface area contributed by atoms with Gasteiger partial charge >= 0.3 is 6.18 Å². The van der Waals surface area contributed by atoms with Gasteiger partial charge in [0.15, 0.2) is 0 Å². The fourth-order valence-corrected chi connectivity index (χ4v) is 4.01. The number of piperazine rings is 1. The fraction of sp³-hybridized carbons (Fsp3) is 0.737. The van der Waals surface area contributed by atoms with E-state index in [4.69, 9.17) is 0 Å². The number of rotatable bonds is 5. The average Bonchev–Trinajstić information content (AvgIpc) is 3.03. The molecule has 1 fully saturated rings. The van der Waals surface area contributed by atoms with Crippen molar-refractivity contribution in [3.63, 3.8) is 0 Å². The monoisotopic (exact) mass is 414 g/mol. The van der Waals surface area contributed by atoms with Gasteiger partial charge in [-0.1, -0.05) is 13.8 Å². The molecule has 0 spiro atoms. The molecule has 0 aromatic carbocycles. The van der Waals surface area contributed by atoms with Crippen LogP contribution in [-0.2, 0) is 6.18 Å². The first-order valence-electron chi connectivity index (χ1n) is 9.97. The van der Waals surface area contributed by atoms with Gasteiger partial charge in [0, 0.05) is 43.5 Å². The summed E-state index contributed by atoms with van der Waals surface area (Å²) in [6, 6.07) is 2.00. The molecule has 0 aliphatic carbocycles. The van der Waals surface area contributed by atoms with Gasteiger partial charge in [0.2, 0.25) is 0 Å². The molecule has 0 radical (unpaired) electrons. The molecule has 162 valence electrons. The largest absolute Gasteiger partial charge is 0.453 e. The molecule has 1 aliphatic heterocycles. The number of hydrogen-bond acceptors (Lipinski definition) is 6. The van der Waals surface area contributed by atoms with E-state index >= 15 is 0 Å². The fourth-order valence-electron chi connectivity index (χ4n) is 4.01. The van der Waals surface area contributed by atoms with Crippen molar-refractivity contribution < 1.29 is 18.3 Å². The highest BCUT2D eigenvalue weighted by atomic mass is 19.4. The van der Waals surface area contributed by atoms with Crippen LogP contribution in [0.15, 0.2) is 6.07 Å². The molecule has 0 bridgehead atoms. The first kappa shape index (κ1) is 21.8. The van der Waals surface area contributed by atoms with Gasteiger partial charge in [-0.3, -0.25) is 4.90 Å². The lowest BCUT2D eigenvalue weighted by atomic mass is 9.99. The van der Waals surface area contributed by atoms with E-state index in [-0.39, 0.29) is 17.9 Å². The lowest BCUT2D eigenvalue weighted by Gasteiger charge is -2.48. The highest BCUT2D eigenvalue weighted by Crippen LogP contribution is 2.30. The summed E-state index contributed by atoms with van der Waals surface area (Å²) in [4.78, 5) is 12.1. The number of alkyl halides is 3. The predicted molar refractivity (Wildman–Crippen MR) is 104 cm³/mol. The minimum atomic E-state index is -4.62. The number of aliphatic hydroxyl groups is 1. The topological polar surface area (TPSA) is 69.8 Å². The van der Waals surface area contributed by atoms with Crippen molar-refractivity contribution in [1.82, 2.24) is 24.5 Å². The van der Waals surface area contributed by atoms with Crippen LogP contribution >= 0.6 is 0 Å². The van der Waals surface area contributed by atoms with E-state index < -0.39 is 17.6 Å². The average molecular weight is 414 g/mol. The first-order valence-corrected chi connectivity index (χ1v) is 9.97. The Hall–Kier alpha value is -1.94. The maximum absolute atomic E-state index is 13.2. The van der Waals surface area contributed by atoms with Crippen LogP contribution in [0.2, 0.25) is 0 Å². The summed E-state index contributed by atoms with van der Waals surface area (Å²) in [5.41, 5.74) is -0.225. The zero-order valence-corrected chi connectivity index (χ0v) is 17.5. The number of halogens is 3. The third-order valence-electron chi connectivity index (χ3n) is 5.31. The molecule has 1 saturated heterocycles. The summed E-state index contributed by atoms with van der Waals surface area (Å²) in [7, 11) is 0. The second-order valence-electron chi connectivity index (χ2n) is 8.42. The second kappa shape index (κ2) is 7.71. The summed E-state index contributed by atoms with van der Waals surface area (Å²) in [5.74, 6) is -0.657. The highest BCUT2D eigenvalue weighted by Gasteiger charge is 2.39. The van der Waals surface area contributed by atoms with Crippen molar-refractivity contribution in [1.29, 1.82) is 0 Å². The van der Waals surface area contributed by atoms with Crippen LogP contribution in [0.4, 0.5) is 19.0 Å². The summed E-state index contributed by atoms with van der Waals surface area (Å²) < 4.78 is 40.7. The molecule has 1 N–H and O–H groups in total. The number of hydrogen-bond donors (Lipinski definition) is 1. The first-order chi connectivity index (χ1) is 13.4. The lowest BCUT2D eigenvalue weighted by Crippen LogP contribution is -2.60. The number of nitrogens with zero attached hydrogens (tertiary/aromatic N) is 6. The Kier molecular flexibility index (Phi) is 5.79. The Labute approximate surface area is 168 Å². The Morgan fingerprint density at radius 1 is 1.10 bits per heavy atom. The smallest absolute Gasteiger partial charge is 0.389 e. The number of fused-ring (bicyclic) bond motifs is 1. The van der Waals surface area contributed by atoms with E-state index in [1.54, 1.807) is 26.8 Å². The molecule has 0 amide bonds. The van der Waals surface area contributed by atoms with Gasteiger partial charge < -0.3 is 10.0 Å². The van der Waals surface area contributed by atoms with Gasteiger partial charge in [-0.2, -0.15) is 22.7 Å². The molecule has 1 aliphatic rings. The summed E-state index contributed by atoms with van der Waals surface area (Å²) >= 11 is 0. The van der Waals surface area contributed by atoms with Gasteiger partial charge in [0.25, 0.3) is 11.6 Å². The van der Waals surface area contributed by atoms with Crippen LogP contribution in [-0.4, -0.2) is 66.9 Å². The number of β-amino-alcohol motifs (C(OH)–C–C–N with tert-alkyl or cyclic N) is 1. The Morgan fingerprint density at radius 3 is 2.31 bits per heavy atom. The van der Waals surface area contributed by atoms with Crippen LogP contribution in [0, 0.1) is 6.92 Å². The molecular formula is C19H29F3N6O. The molecule has 10 heteroatoms. The summed E-state index contributed by atoms with van der Waals surface area (Å²) in [6.07, 6.45) is -2.95. The second-order valence-corrected chi connectivity index (χ2v) is 8.42. The minimum absolute atomic E-state index is 0.0471. The van der Waals surface area contributed by atoms with Crippen molar-refractivity contribution in [2.75, 3.05) is 24.5 Å². The van der Waals surface area contributed by atoms with Gasteiger partial charge in [-0.25, -0.2) is 4.98 Å². The molecule has 2 atom stereocenters. The molecule has 2 aromatic heterocycles. The van der Waals surface area contributed by atoms with E-state index in [0.717, 1.165) is 12.8 Å². The molecule has 7 nitrogen and oxygen atoms in total. The Balaban J connectivity index is 2.02. The van der Waals surface area contributed by atoms with Crippen LogP contribution in [0.5, 0.6) is 0 Å². The maximum atomic E-state index is 13.2. The number of aryl methyl sites for hydroxylation is 1. The van der Waals surface area contributed by atoms with Crippen molar-refractivity contribution in [2.24, 2.45) is 0 Å². The van der Waals surface area contributed by atoms with Gasteiger partial charge in [-0.15, -0.1) is 5.10 Å². The van der Waals surface area contributed by atoms with Crippen molar-refractivity contribution in [3.05, 3.63) is 17.6 Å². The lowest BCUT2D eigenvalue weighted by molar-refractivity contribution is -0.144. The van der Waals surface area contributed by atoms with Gasteiger partial charge in [0.05, 0.1) is 5.60 Å². The normalized spacial score (nSPS) is 21.9. The third-order valence-corrected chi connectivity index (χ3v) is 5.31. The van der Waals surface area contributed by atoms with Crippen LogP contribution in [0.25, 0.3) is 5.78 Å². The van der Waals surface area contributed by atoms with Crippen molar-refractivity contribution >= 4 is 11.6 Å². The molecule has 2 aromatic rings. The molecule has 3 rings (SSSR count). The van der Waals surface area contributed by atoms with Gasteiger partial charge in [-0.05, 0) is 33.6 Å². The van der Waals surface area contributed by atoms with Crippen molar-refractivity contribution in [3.8, 4) is 0 Å². The molecule has 0 saturated carbocycles. The maximum Gasteiger partial charge on any atom is 0.453 e. The molecule has 0 unspecified atom stereocenters. The van der Waals surface area contributed by atoms with Crippen LogP contribution < -0.4 is 4.90 Å². The summed E-state index contributed by atoms with van der Waals surface area (Å²) in [6.45, 7) is 11.3. The van der Waals surface area contributed by atoms with Gasteiger partial charge in [0.1, 0.15) is 5.82 Å². The van der Waals surface area contributed by atoms with E-state index in [0.29, 0.717) is 31.1 Å². The number of anilines is 1. The Bertz CT molecular complexity index is 860. The zero-order valence-electron chi connectivity index (χ0n) is 17.5. The molecule has 29 heavy (non-hydrogen) atoms. The predicted octanol–water partition coefficient (Wildman–Crippen LogP) is 2.90. The SMILES string of the molecule is CC[C@H]1CN(c2cc(C)nc3nc(C(F)(F)F)nn23)[C@H](CC)CN1CC(C)(C)O. The molecular weight excluding hydrogens is 385 g/mol. The standard InChI is InChI=1S/C19H29F3N6O/c1-6-13-10-27(14(7-2)9-26(13)11-18(4,5)29)15-8-12(3)23-17-24-16(19(20,21)22)25-28(15)17/h8,13-14,29H,6-7,9-11H2,1-5H3/t13-,14+/m0/s1. The zero-order chi connectivity index (χ0) is 21.6. The number of aromatic nitrogens is 4.